The lowest BCUT2D eigenvalue weighted by Crippen LogP contribution is -2.07. The van der Waals surface area contributed by atoms with Crippen molar-refractivity contribution in [2.75, 3.05) is 19.5 Å². The van der Waals surface area contributed by atoms with Crippen LogP contribution in [0.3, 0.4) is 0 Å². The van der Waals surface area contributed by atoms with Gasteiger partial charge < -0.3 is 14.2 Å². The average molecular weight is 432 g/mol. The van der Waals surface area contributed by atoms with Crippen LogP contribution in [0.1, 0.15) is 10.6 Å². The van der Waals surface area contributed by atoms with Crippen molar-refractivity contribution in [2.45, 2.75) is 6.61 Å². The molecule has 0 bridgehead atoms. The van der Waals surface area contributed by atoms with E-state index in [0.29, 0.717) is 32.4 Å². The third-order valence-corrected chi connectivity index (χ3v) is 4.77. The van der Waals surface area contributed by atoms with Crippen molar-refractivity contribution in [2.24, 2.45) is 0 Å². The van der Waals surface area contributed by atoms with Crippen LogP contribution in [0.15, 0.2) is 48.5 Å². The summed E-state index contributed by atoms with van der Waals surface area (Å²) in [5, 5.41) is 12.3. The quantitative estimate of drug-likeness (QED) is 0.531. The number of carbonyl (C=O) groups excluding carboxylic acids is 1. The third-order valence-electron chi connectivity index (χ3n) is 3.71. The number of carbonyl (C=O) groups is 1. The Morgan fingerprint density at radius 1 is 1.10 bits per heavy atom. The third kappa shape index (κ3) is 5.94. The normalized spacial score (nSPS) is 10.7. The van der Waals surface area contributed by atoms with Crippen molar-refractivity contribution in [1.29, 1.82) is 0 Å². The first kappa shape index (κ1) is 20.6. The molecule has 0 saturated heterocycles. The van der Waals surface area contributed by atoms with Crippen LogP contribution in [0.25, 0.3) is 6.08 Å². The van der Waals surface area contributed by atoms with Gasteiger partial charge in [-0.3, -0.25) is 10.1 Å². The molecule has 3 aromatic rings. The Hall–Kier alpha value is -3.10. The Kier molecular flexibility index (Phi) is 7.04. The zero-order chi connectivity index (χ0) is 20.6. The molecule has 1 heterocycles. The minimum Gasteiger partial charge on any atom is -0.493 e. The van der Waals surface area contributed by atoms with Gasteiger partial charge in [0.05, 0.1) is 14.2 Å². The largest absolute Gasteiger partial charge is 0.493 e. The number of aromatic nitrogens is 2. The van der Waals surface area contributed by atoms with Crippen LogP contribution in [0.5, 0.6) is 17.2 Å². The SMILES string of the molecule is COc1ccc(/C=C/C(=O)Nc2nnc(COc3ccc(Cl)cc3)s2)cc1OC. The van der Waals surface area contributed by atoms with Gasteiger partial charge in [-0.1, -0.05) is 29.0 Å². The summed E-state index contributed by atoms with van der Waals surface area (Å²) in [5.41, 5.74) is 0.798. The van der Waals surface area contributed by atoms with Gasteiger partial charge in [0, 0.05) is 11.1 Å². The van der Waals surface area contributed by atoms with Gasteiger partial charge in [-0.25, -0.2) is 0 Å². The van der Waals surface area contributed by atoms with E-state index in [1.807, 2.05) is 6.07 Å². The van der Waals surface area contributed by atoms with Crippen LogP contribution < -0.4 is 19.5 Å². The summed E-state index contributed by atoms with van der Waals surface area (Å²) in [6.07, 6.45) is 3.08. The standard InChI is InChI=1S/C20H18ClN3O4S/c1-26-16-9-3-13(11-17(16)27-2)4-10-18(25)22-20-24-23-19(29-20)12-28-15-7-5-14(21)6-8-15/h3-11H,12H2,1-2H3,(H,22,24,25)/b10-4+. The average Bonchev–Trinajstić information content (AvgIpc) is 3.18. The molecule has 1 N–H and O–H groups in total. The highest BCUT2D eigenvalue weighted by atomic mass is 35.5. The molecule has 0 saturated carbocycles. The monoisotopic (exact) mass is 431 g/mol. The van der Waals surface area contributed by atoms with E-state index in [4.69, 9.17) is 25.8 Å². The molecule has 9 heteroatoms. The summed E-state index contributed by atoms with van der Waals surface area (Å²) in [6.45, 7) is 0.247. The van der Waals surface area contributed by atoms with Crippen LogP contribution in [0, 0.1) is 0 Å². The van der Waals surface area contributed by atoms with Gasteiger partial charge >= 0.3 is 0 Å². The molecule has 0 spiro atoms. The topological polar surface area (TPSA) is 82.6 Å². The van der Waals surface area contributed by atoms with E-state index < -0.39 is 0 Å². The summed E-state index contributed by atoms with van der Waals surface area (Å²) in [7, 11) is 3.12. The van der Waals surface area contributed by atoms with E-state index in [-0.39, 0.29) is 12.5 Å². The molecule has 0 aliphatic rings. The van der Waals surface area contributed by atoms with Gasteiger partial charge in [-0.15, -0.1) is 10.2 Å². The fraction of sp³-hybridized carbons (Fsp3) is 0.150. The fourth-order valence-corrected chi connectivity index (χ4v) is 3.10. The predicted molar refractivity (Wildman–Crippen MR) is 113 cm³/mol. The lowest BCUT2D eigenvalue weighted by Gasteiger charge is -2.07. The van der Waals surface area contributed by atoms with Gasteiger partial charge in [-0.2, -0.15) is 0 Å². The van der Waals surface area contributed by atoms with Crippen LogP contribution in [0.2, 0.25) is 5.02 Å². The van der Waals surface area contributed by atoms with E-state index >= 15 is 0 Å². The molecule has 0 radical (unpaired) electrons. The van der Waals surface area contributed by atoms with Gasteiger partial charge in [0.2, 0.25) is 11.0 Å². The lowest BCUT2D eigenvalue weighted by molar-refractivity contribution is -0.111. The molecular weight excluding hydrogens is 414 g/mol. The highest BCUT2D eigenvalue weighted by molar-refractivity contribution is 7.15. The van der Waals surface area contributed by atoms with Crippen LogP contribution in [0.4, 0.5) is 5.13 Å². The summed E-state index contributed by atoms with van der Waals surface area (Å²) in [4.78, 5) is 12.1. The summed E-state index contributed by atoms with van der Waals surface area (Å²) >= 11 is 7.08. The van der Waals surface area contributed by atoms with Gasteiger partial charge in [0.15, 0.2) is 16.5 Å². The summed E-state index contributed by atoms with van der Waals surface area (Å²) in [5.74, 6) is 1.56. The van der Waals surface area contributed by atoms with Crippen molar-refractivity contribution in [3.63, 3.8) is 0 Å². The lowest BCUT2D eigenvalue weighted by atomic mass is 10.2. The maximum atomic E-state index is 12.1. The highest BCUT2D eigenvalue weighted by Crippen LogP contribution is 2.28. The molecule has 2 aromatic carbocycles. The minimum absolute atomic E-state index is 0.247. The molecule has 150 valence electrons. The molecule has 0 fully saturated rings. The highest BCUT2D eigenvalue weighted by Gasteiger charge is 2.08. The number of hydrogen-bond donors (Lipinski definition) is 1. The smallest absolute Gasteiger partial charge is 0.250 e. The van der Waals surface area contributed by atoms with Crippen LogP contribution >= 0.6 is 22.9 Å². The fourth-order valence-electron chi connectivity index (χ4n) is 2.31. The van der Waals surface area contributed by atoms with E-state index in [1.54, 1.807) is 56.7 Å². The Balaban J connectivity index is 1.54. The van der Waals surface area contributed by atoms with Gasteiger partial charge in [0.25, 0.3) is 0 Å². The molecule has 0 aliphatic heterocycles. The molecule has 1 aromatic heterocycles. The molecule has 0 aliphatic carbocycles. The second-order valence-corrected chi connectivity index (χ2v) is 7.18. The molecule has 1 amide bonds. The van der Waals surface area contributed by atoms with Crippen molar-refractivity contribution < 1.29 is 19.0 Å². The van der Waals surface area contributed by atoms with Crippen LogP contribution in [-0.4, -0.2) is 30.3 Å². The zero-order valence-electron chi connectivity index (χ0n) is 15.7. The number of nitrogens with one attached hydrogen (secondary N) is 1. The molecule has 0 unspecified atom stereocenters. The van der Waals surface area contributed by atoms with E-state index in [1.165, 1.54) is 17.4 Å². The Morgan fingerprint density at radius 3 is 2.59 bits per heavy atom. The van der Waals surface area contributed by atoms with Crippen molar-refractivity contribution in [3.05, 3.63) is 64.1 Å². The number of hydrogen-bond acceptors (Lipinski definition) is 7. The first-order valence-corrected chi connectivity index (χ1v) is 9.68. The Morgan fingerprint density at radius 2 is 1.86 bits per heavy atom. The molecular formula is C20H18ClN3O4S. The summed E-state index contributed by atoms with van der Waals surface area (Å²) < 4.78 is 16.1. The van der Waals surface area contributed by atoms with Crippen molar-refractivity contribution in [1.82, 2.24) is 10.2 Å². The van der Waals surface area contributed by atoms with Crippen molar-refractivity contribution in [3.8, 4) is 17.2 Å². The number of methoxy groups -OCH3 is 2. The number of benzene rings is 2. The predicted octanol–water partition coefficient (Wildman–Crippen LogP) is 4.44. The van der Waals surface area contributed by atoms with E-state index in [2.05, 4.69) is 15.5 Å². The van der Waals surface area contributed by atoms with Gasteiger partial charge in [0.1, 0.15) is 12.4 Å². The van der Waals surface area contributed by atoms with Gasteiger partial charge in [-0.05, 0) is 48.0 Å². The molecule has 3 rings (SSSR count). The van der Waals surface area contributed by atoms with E-state index in [9.17, 15) is 4.79 Å². The molecule has 0 atom stereocenters. The number of amides is 1. The maximum Gasteiger partial charge on any atom is 0.250 e. The van der Waals surface area contributed by atoms with Crippen molar-refractivity contribution >= 4 is 40.1 Å². The number of nitrogens with zero attached hydrogens (tertiary/aromatic N) is 2. The number of anilines is 1. The number of halogens is 1. The minimum atomic E-state index is -0.318. The summed E-state index contributed by atoms with van der Waals surface area (Å²) in [6, 6.07) is 12.4. The van der Waals surface area contributed by atoms with E-state index in [0.717, 1.165) is 5.56 Å². The second kappa shape index (κ2) is 9.90. The molecule has 7 nitrogen and oxygen atoms in total. The maximum absolute atomic E-state index is 12.1. The second-order valence-electron chi connectivity index (χ2n) is 5.68. The number of ether oxygens (including phenoxy) is 3. The Labute approximate surface area is 176 Å². The van der Waals surface area contributed by atoms with Crippen LogP contribution in [-0.2, 0) is 11.4 Å². The first-order chi connectivity index (χ1) is 14.1. The zero-order valence-corrected chi connectivity index (χ0v) is 17.3. The number of rotatable bonds is 8. The Bertz CT molecular complexity index is 1010. The molecule has 29 heavy (non-hydrogen) atoms. The first-order valence-electron chi connectivity index (χ1n) is 8.49.